The highest BCUT2D eigenvalue weighted by Gasteiger charge is 2.11. The summed E-state index contributed by atoms with van der Waals surface area (Å²) in [6.07, 6.45) is 3.14. The van der Waals surface area contributed by atoms with E-state index in [1.54, 1.807) is 11.3 Å². The molecule has 1 aromatic heterocycles. The summed E-state index contributed by atoms with van der Waals surface area (Å²) < 4.78 is 0. The molecule has 0 saturated heterocycles. The first-order chi connectivity index (χ1) is 8.04. The lowest BCUT2D eigenvalue weighted by Gasteiger charge is -2.22. The topological polar surface area (TPSA) is 28.2 Å². The zero-order valence-electron chi connectivity index (χ0n) is 11.7. The molecule has 1 heterocycles. The predicted molar refractivity (Wildman–Crippen MR) is 76.8 cm³/mol. The molecule has 0 aliphatic heterocycles. The second-order valence-electron chi connectivity index (χ2n) is 5.00. The lowest BCUT2D eigenvalue weighted by molar-refractivity contribution is 0.554. The van der Waals surface area contributed by atoms with Crippen molar-refractivity contribution in [3.63, 3.8) is 0 Å². The normalized spacial score (nSPS) is 13.1. The molecule has 0 saturated carbocycles. The number of aromatic nitrogens is 1. The Labute approximate surface area is 109 Å². The first kappa shape index (κ1) is 14.5. The minimum atomic E-state index is 0.553. The largest absolute Gasteiger partial charge is 0.348 e. The van der Waals surface area contributed by atoms with Gasteiger partial charge in [-0.1, -0.05) is 20.8 Å². The molecule has 0 aliphatic carbocycles. The van der Waals surface area contributed by atoms with Gasteiger partial charge in [0, 0.05) is 30.7 Å². The maximum Gasteiger partial charge on any atom is 0.185 e. The van der Waals surface area contributed by atoms with Gasteiger partial charge in [0.15, 0.2) is 5.13 Å². The molecule has 1 aromatic rings. The standard InChI is InChI=1S/C13H25N3S/c1-6-11(4)16(5)13-15-9-12(17-13)8-14-7-10(2)3/h9-11,14H,6-8H2,1-5H3. The van der Waals surface area contributed by atoms with Gasteiger partial charge in [0.05, 0.1) is 0 Å². The van der Waals surface area contributed by atoms with Crippen LogP contribution in [0.1, 0.15) is 39.0 Å². The lowest BCUT2D eigenvalue weighted by Crippen LogP contribution is -2.27. The third-order valence-corrected chi connectivity index (χ3v) is 4.03. The Hall–Kier alpha value is -0.610. The molecule has 0 bridgehead atoms. The summed E-state index contributed by atoms with van der Waals surface area (Å²) in [6, 6.07) is 0.553. The highest BCUT2D eigenvalue weighted by atomic mass is 32.1. The third kappa shape index (κ3) is 4.64. The predicted octanol–water partition coefficient (Wildman–Crippen LogP) is 3.12. The van der Waals surface area contributed by atoms with Crippen molar-refractivity contribution in [1.82, 2.24) is 10.3 Å². The minimum absolute atomic E-state index is 0.553. The molecule has 4 heteroatoms. The Balaban J connectivity index is 2.47. The van der Waals surface area contributed by atoms with Crippen molar-refractivity contribution < 1.29 is 0 Å². The number of nitrogens with zero attached hydrogens (tertiary/aromatic N) is 2. The Morgan fingerprint density at radius 2 is 2.12 bits per heavy atom. The summed E-state index contributed by atoms with van der Waals surface area (Å²) in [5.74, 6) is 0.699. The van der Waals surface area contributed by atoms with Crippen LogP contribution >= 0.6 is 11.3 Å². The van der Waals surface area contributed by atoms with Gasteiger partial charge in [-0.05, 0) is 25.8 Å². The monoisotopic (exact) mass is 255 g/mol. The molecule has 0 radical (unpaired) electrons. The van der Waals surface area contributed by atoms with Crippen molar-refractivity contribution in [3.05, 3.63) is 11.1 Å². The first-order valence-electron chi connectivity index (χ1n) is 6.42. The first-order valence-corrected chi connectivity index (χ1v) is 7.24. The van der Waals surface area contributed by atoms with Crippen LogP contribution in [0.5, 0.6) is 0 Å². The van der Waals surface area contributed by atoms with Gasteiger partial charge in [0.1, 0.15) is 0 Å². The van der Waals surface area contributed by atoms with Crippen LogP contribution in [-0.2, 0) is 6.54 Å². The SMILES string of the molecule is CCC(C)N(C)c1ncc(CNCC(C)C)s1. The molecular weight excluding hydrogens is 230 g/mol. The Morgan fingerprint density at radius 3 is 2.71 bits per heavy atom. The van der Waals surface area contributed by atoms with Crippen molar-refractivity contribution >= 4 is 16.5 Å². The van der Waals surface area contributed by atoms with Gasteiger partial charge in [-0.25, -0.2) is 4.98 Å². The molecule has 1 unspecified atom stereocenters. The van der Waals surface area contributed by atoms with Crippen LogP contribution in [0, 0.1) is 5.92 Å². The number of anilines is 1. The summed E-state index contributed by atoms with van der Waals surface area (Å²) in [5, 5.41) is 4.57. The maximum atomic E-state index is 4.49. The zero-order valence-corrected chi connectivity index (χ0v) is 12.5. The summed E-state index contributed by atoms with van der Waals surface area (Å²) in [7, 11) is 2.12. The average molecular weight is 255 g/mol. The maximum absolute atomic E-state index is 4.49. The van der Waals surface area contributed by atoms with E-state index in [1.807, 2.05) is 6.20 Å². The zero-order chi connectivity index (χ0) is 12.8. The fourth-order valence-corrected chi connectivity index (χ4v) is 2.43. The van der Waals surface area contributed by atoms with Crippen LogP contribution in [0.3, 0.4) is 0 Å². The van der Waals surface area contributed by atoms with Gasteiger partial charge in [0.25, 0.3) is 0 Å². The van der Waals surface area contributed by atoms with Crippen LogP contribution in [0.4, 0.5) is 5.13 Å². The van der Waals surface area contributed by atoms with Crippen LogP contribution in [0.15, 0.2) is 6.20 Å². The fraction of sp³-hybridized carbons (Fsp3) is 0.769. The molecular formula is C13H25N3S. The van der Waals surface area contributed by atoms with E-state index in [0.717, 1.165) is 24.6 Å². The van der Waals surface area contributed by atoms with Crippen LogP contribution in [0.25, 0.3) is 0 Å². The number of rotatable bonds is 7. The van der Waals surface area contributed by atoms with Crippen molar-refractivity contribution in [2.75, 3.05) is 18.5 Å². The van der Waals surface area contributed by atoms with Crippen molar-refractivity contribution in [1.29, 1.82) is 0 Å². The van der Waals surface area contributed by atoms with Crippen molar-refractivity contribution in [2.45, 2.75) is 46.7 Å². The molecule has 98 valence electrons. The van der Waals surface area contributed by atoms with E-state index in [0.29, 0.717) is 12.0 Å². The molecule has 0 amide bonds. The lowest BCUT2D eigenvalue weighted by atomic mass is 10.2. The second kappa shape index (κ2) is 6.97. The Kier molecular flexibility index (Phi) is 5.92. The molecule has 1 atom stereocenters. The van der Waals surface area contributed by atoms with Crippen LogP contribution in [0.2, 0.25) is 0 Å². The smallest absolute Gasteiger partial charge is 0.185 e. The van der Waals surface area contributed by atoms with Crippen LogP contribution < -0.4 is 10.2 Å². The van der Waals surface area contributed by atoms with Crippen molar-refractivity contribution in [3.8, 4) is 0 Å². The van der Waals surface area contributed by atoms with Crippen LogP contribution in [-0.4, -0.2) is 24.6 Å². The minimum Gasteiger partial charge on any atom is -0.348 e. The molecule has 0 aliphatic rings. The second-order valence-corrected chi connectivity index (χ2v) is 6.10. The molecule has 3 nitrogen and oxygen atoms in total. The summed E-state index contributed by atoms with van der Waals surface area (Å²) in [5.41, 5.74) is 0. The Bertz CT molecular complexity index is 322. The number of thiazole rings is 1. The summed E-state index contributed by atoms with van der Waals surface area (Å²) in [6.45, 7) is 10.9. The quantitative estimate of drug-likeness (QED) is 0.811. The average Bonchev–Trinajstić information content (AvgIpc) is 2.75. The number of hydrogen-bond acceptors (Lipinski definition) is 4. The number of nitrogens with one attached hydrogen (secondary N) is 1. The van der Waals surface area contributed by atoms with E-state index >= 15 is 0 Å². The Morgan fingerprint density at radius 1 is 1.41 bits per heavy atom. The highest BCUT2D eigenvalue weighted by Crippen LogP contribution is 2.23. The number of hydrogen-bond donors (Lipinski definition) is 1. The van der Waals surface area contributed by atoms with E-state index < -0.39 is 0 Å². The fourth-order valence-electron chi connectivity index (χ4n) is 1.49. The molecule has 1 N–H and O–H groups in total. The summed E-state index contributed by atoms with van der Waals surface area (Å²) >= 11 is 1.79. The van der Waals surface area contributed by atoms with Gasteiger partial charge in [0.2, 0.25) is 0 Å². The molecule has 0 fully saturated rings. The van der Waals surface area contributed by atoms with E-state index in [-0.39, 0.29) is 0 Å². The van der Waals surface area contributed by atoms with E-state index in [1.165, 1.54) is 4.88 Å². The van der Waals surface area contributed by atoms with E-state index in [2.05, 4.69) is 49.9 Å². The van der Waals surface area contributed by atoms with Gasteiger partial charge in [-0.2, -0.15) is 0 Å². The summed E-state index contributed by atoms with van der Waals surface area (Å²) in [4.78, 5) is 8.06. The molecule has 0 spiro atoms. The molecule has 17 heavy (non-hydrogen) atoms. The third-order valence-electron chi connectivity index (χ3n) is 2.95. The van der Waals surface area contributed by atoms with Gasteiger partial charge in [-0.15, -0.1) is 11.3 Å². The van der Waals surface area contributed by atoms with Gasteiger partial charge in [-0.3, -0.25) is 0 Å². The van der Waals surface area contributed by atoms with Gasteiger partial charge < -0.3 is 10.2 Å². The highest BCUT2D eigenvalue weighted by molar-refractivity contribution is 7.15. The molecule has 1 rings (SSSR count). The van der Waals surface area contributed by atoms with Gasteiger partial charge >= 0.3 is 0 Å². The van der Waals surface area contributed by atoms with Crippen molar-refractivity contribution in [2.24, 2.45) is 5.92 Å². The molecule has 0 aromatic carbocycles. The van der Waals surface area contributed by atoms with E-state index in [4.69, 9.17) is 0 Å². The van der Waals surface area contributed by atoms with E-state index in [9.17, 15) is 0 Å².